The number of rotatable bonds is 6. The fourth-order valence-corrected chi connectivity index (χ4v) is 3.42. The van der Waals surface area contributed by atoms with Crippen molar-refractivity contribution < 1.29 is 5.11 Å². The van der Waals surface area contributed by atoms with Crippen molar-refractivity contribution in [3.63, 3.8) is 0 Å². The molecular weight excluding hydrogens is 342 g/mol. The van der Waals surface area contributed by atoms with Crippen LogP contribution in [0.1, 0.15) is 24.6 Å². The molecule has 0 spiro atoms. The summed E-state index contributed by atoms with van der Waals surface area (Å²) in [4.78, 5) is 1.26. The predicted molar refractivity (Wildman–Crippen MR) is 72.3 cm³/mol. The lowest BCUT2D eigenvalue weighted by molar-refractivity contribution is 0.160. The zero-order valence-electron chi connectivity index (χ0n) is 8.59. The molecule has 0 saturated carbocycles. The molecule has 1 aromatic heterocycles. The topological polar surface area (TPSA) is 32.3 Å². The molecule has 0 aliphatic rings. The zero-order valence-corrected chi connectivity index (χ0v) is 12.6. The Morgan fingerprint density at radius 2 is 2.27 bits per heavy atom. The minimum absolute atomic E-state index is 0.221. The number of halogens is 2. The first-order valence-electron chi connectivity index (χ1n) is 4.96. The maximum Gasteiger partial charge on any atom is 0.0843 e. The fraction of sp³-hybridized carbons (Fsp3) is 0.600. The molecule has 0 saturated heterocycles. The van der Waals surface area contributed by atoms with Crippen molar-refractivity contribution >= 4 is 43.2 Å². The van der Waals surface area contributed by atoms with Crippen LogP contribution in [0.25, 0.3) is 0 Å². The van der Waals surface area contributed by atoms with Gasteiger partial charge in [0, 0.05) is 22.4 Å². The van der Waals surface area contributed by atoms with E-state index in [4.69, 9.17) is 0 Å². The molecule has 1 rings (SSSR count). The second-order valence-electron chi connectivity index (χ2n) is 3.41. The molecular formula is C10H15Br2NOS. The SMILES string of the molecule is CCCC(O)CNCc1cc(Br)c(Br)s1. The highest BCUT2D eigenvalue weighted by Gasteiger charge is 2.05. The van der Waals surface area contributed by atoms with Gasteiger partial charge in [-0.05, 0) is 44.3 Å². The summed E-state index contributed by atoms with van der Waals surface area (Å²) in [5.41, 5.74) is 0. The molecule has 1 unspecified atom stereocenters. The quantitative estimate of drug-likeness (QED) is 0.817. The van der Waals surface area contributed by atoms with Crippen LogP contribution in [0, 0.1) is 0 Å². The van der Waals surface area contributed by atoms with Crippen LogP contribution in [0.4, 0.5) is 0 Å². The van der Waals surface area contributed by atoms with Gasteiger partial charge in [-0.15, -0.1) is 11.3 Å². The highest BCUT2D eigenvalue weighted by atomic mass is 79.9. The standard InChI is InChI=1S/C10H15Br2NOS/c1-2-3-7(14)5-13-6-8-4-9(11)10(12)15-8/h4,7,13-14H,2-3,5-6H2,1H3. The van der Waals surface area contributed by atoms with Crippen LogP contribution >= 0.6 is 43.2 Å². The molecule has 0 aliphatic heterocycles. The summed E-state index contributed by atoms with van der Waals surface area (Å²) in [5, 5.41) is 12.8. The van der Waals surface area contributed by atoms with Gasteiger partial charge >= 0.3 is 0 Å². The highest BCUT2D eigenvalue weighted by Crippen LogP contribution is 2.32. The van der Waals surface area contributed by atoms with Gasteiger partial charge in [0.2, 0.25) is 0 Å². The number of aliphatic hydroxyl groups is 1. The van der Waals surface area contributed by atoms with E-state index >= 15 is 0 Å². The van der Waals surface area contributed by atoms with Gasteiger partial charge in [-0.3, -0.25) is 0 Å². The van der Waals surface area contributed by atoms with Crippen molar-refractivity contribution in [3.05, 3.63) is 19.2 Å². The Balaban J connectivity index is 2.25. The van der Waals surface area contributed by atoms with E-state index in [-0.39, 0.29) is 6.10 Å². The summed E-state index contributed by atoms with van der Waals surface area (Å²) in [6.07, 6.45) is 1.67. The maximum atomic E-state index is 9.51. The molecule has 15 heavy (non-hydrogen) atoms. The summed E-state index contributed by atoms with van der Waals surface area (Å²) < 4.78 is 2.21. The molecule has 1 atom stereocenters. The largest absolute Gasteiger partial charge is 0.392 e. The molecule has 1 heterocycles. The summed E-state index contributed by atoms with van der Waals surface area (Å²) in [6, 6.07) is 2.09. The third kappa shape index (κ3) is 4.95. The van der Waals surface area contributed by atoms with E-state index in [9.17, 15) is 5.11 Å². The van der Waals surface area contributed by atoms with Crippen LogP contribution in [0.2, 0.25) is 0 Å². The Morgan fingerprint density at radius 3 is 2.80 bits per heavy atom. The van der Waals surface area contributed by atoms with E-state index in [0.717, 1.165) is 27.6 Å². The summed E-state index contributed by atoms with van der Waals surface area (Å²) in [6.45, 7) is 3.56. The molecule has 2 nitrogen and oxygen atoms in total. The Morgan fingerprint density at radius 1 is 1.53 bits per heavy atom. The Bertz CT molecular complexity index is 284. The van der Waals surface area contributed by atoms with Crippen molar-refractivity contribution in [2.45, 2.75) is 32.4 Å². The van der Waals surface area contributed by atoms with Gasteiger partial charge < -0.3 is 10.4 Å². The molecule has 2 N–H and O–H groups in total. The Labute approximate surface area is 111 Å². The lowest BCUT2D eigenvalue weighted by Gasteiger charge is -2.09. The average molecular weight is 357 g/mol. The minimum atomic E-state index is -0.221. The lowest BCUT2D eigenvalue weighted by atomic mass is 10.2. The van der Waals surface area contributed by atoms with Crippen LogP contribution in [-0.4, -0.2) is 17.8 Å². The van der Waals surface area contributed by atoms with Crippen molar-refractivity contribution in [3.8, 4) is 0 Å². The first kappa shape index (κ1) is 13.6. The number of hydrogen-bond donors (Lipinski definition) is 2. The third-order valence-electron chi connectivity index (χ3n) is 2.00. The highest BCUT2D eigenvalue weighted by molar-refractivity contribution is 9.13. The van der Waals surface area contributed by atoms with Crippen LogP contribution in [0.5, 0.6) is 0 Å². The van der Waals surface area contributed by atoms with E-state index in [0.29, 0.717) is 6.54 Å². The van der Waals surface area contributed by atoms with Gasteiger partial charge in [0.15, 0.2) is 0 Å². The van der Waals surface area contributed by atoms with Crippen molar-refractivity contribution in [1.29, 1.82) is 0 Å². The molecule has 1 aromatic rings. The third-order valence-corrected chi connectivity index (χ3v) is 5.25. The number of hydrogen-bond acceptors (Lipinski definition) is 3. The van der Waals surface area contributed by atoms with Crippen molar-refractivity contribution in [1.82, 2.24) is 5.32 Å². The van der Waals surface area contributed by atoms with Crippen LogP contribution in [0.3, 0.4) is 0 Å². The van der Waals surface area contributed by atoms with Gasteiger partial charge in [0.25, 0.3) is 0 Å². The lowest BCUT2D eigenvalue weighted by Crippen LogP contribution is -2.25. The Kier molecular flexibility index (Phi) is 6.38. The molecule has 0 radical (unpaired) electrons. The smallest absolute Gasteiger partial charge is 0.0843 e. The molecule has 86 valence electrons. The van der Waals surface area contributed by atoms with Gasteiger partial charge in [-0.1, -0.05) is 13.3 Å². The van der Waals surface area contributed by atoms with Gasteiger partial charge in [-0.25, -0.2) is 0 Å². The number of thiophene rings is 1. The molecule has 0 aromatic carbocycles. The van der Waals surface area contributed by atoms with Crippen molar-refractivity contribution in [2.24, 2.45) is 0 Å². The molecule has 0 amide bonds. The van der Waals surface area contributed by atoms with Gasteiger partial charge in [0.05, 0.1) is 9.89 Å². The fourth-order valence-electron chi connectivity index (χ4n) is 1.28. The van der Waals surface area contributed by atoms with E-state index in [2.05, 4.69) is 50.2 Å². The summed E-state index contributed by atoms with van der Waals surface area (Å²) in [7, 11) is 0. The van der Waals surface area contributed by atoms with Gasteiger partial charge in [0.1, 0.15) is 0 Å². The second-order valence-corrected chi connectivity index (χ2v) is 6.72. The van der Waals surface area contributed by atoms with E-state index < -0.39 is 0 Å². The number of aliphatic hydroxyl groups excluding tert-OH is 1. The monoisotopic (exact) mass is 355 g/mol. The molecule has 0 aliphatic carbocycles. The average Bonchev–Trinajstić information content (AvgIpc) is 2.46. The first-order chi connectivity index (χ1) is 7.13. The van der Waals surface area contributed by atoms with Crippen LogP contribution in [0.15, 0.2) is 14.3 Å². The molecule has 0 fully saturated rings. The maximum absolute atomic E-state index is 9.51. The summed E-state index contributed by atoms with van der Waals surface area (Å²) in [5.74, 6) is 0. The second kappa shape index (κ2) is 7.01. The van der Waals surface area contributed by atoms with Crippen molar-refractivity contribution in [2.75, 3.05) is 6.54 Å². The Hall–Kier alpha value is 0.580. The summed E-state index contributed by atoms with van der Waals surface area (Å²) >= 11 is 8.61. The molecule has 5 heteroatoms. The predicted octanol–water partition coefficient (Wildman–Crippen LogP) is 3.52. The van der Waals surface area contributed by atoms with Crippen LogP contribution < -0.4 is 5.32 Å². The van der Waals surface area contributed by atoms with E-state index in [1.165, 1.54) is 4.88 Å². The first-order valence-corrected chi connectivity index (χ1v) is 7.36. The normalized spacial score (nSPS) is 13.1. The zero-order chi connectivity index (χ0) is 11.3. The molecule has 0 bridgehead atoms. The van der Waals surface area contributed by atoms with Gasteiger partial charge in [-0.2, -0.15) is 0 Å². The van der Waals surface area contributed by atoms with Crippen LogP contribution in [-0.2, 0) is 6.54 Å². The number of nitrogens with one attached hydrogen (secondary N) is 1. The minimum Gasteiger partial charge on any atom is -0.392 e. The van der Waals surface area contributed by atoms with E-state index in [1.54, 1.807) is 11.3 Å². The van der Waals surface area contributed by atoms with E-state index in [1.807, 2.05) is 0 Å².